The molecule has 1 fully saturated rings. The minimum atomic E-state index is -1.76. The number of benzene rings is 3. The minimum absolute atomic E-state index is 0.480. The molecular formula is C25H24N2O4. The Morgan fingerprint density at radius 3 is 1.68 bits per heavy atom. The van der Waals surface area contributed by atoms with Crippen molar-refractivity contribution in [2.24, 2.45) is 0 Å². The molecule has 6 nitrogen and oxygen atoms in total. The number of esters is 2. The predicted molar refractivity (Wildman–Crippen MR) is 117 cm³/mol. The third-order valence-electron chi connectivity index (χ3n) is 5.63. The molecule has 0 aromatic heterocycles. The smallest absolute Gasteiger partial charge is 0.340 e. The summed E-state index contributed by atoms with van der Waals surface area (Å²) in [5, 5.41) is 3.30. The number of carbonyl (C=O) groups excluding carboxylic acids is 2. The molecule has 158 valence electrons. The molecule has 0 bridgehead atoms. The van der Waals surface area contributed by atoms with Crippen molar-refractivity contribution in [1.29, 1.82) is 0 Å². The van der Waals surface area contributed by atoms with Gasteiger partial charge in [0.1, 0.15) is 6.17 Å². The highest BCUT2D eigenvalue weighted by atomic mass is 16.5. The molecule has 1 aliphatic rings. The molecule has 31 heavy (non-hydrogen) atoms. The first-order valence-electron chi connectivity index (χ1n) is 10.0. The average molecular weight is 416 g/mol. The maximum atomic E-state index is 13.3. The van der Waals surface area contributed by atoms with Crippen LogP contribution in [0.1, 0.15) is 23.3 Å². The van der Waals surface area contributed by atoms with Gasteiger partial charge in [-0.25, -0.2) is 9.59 Å². The van der Waals surface area contributed by atoms with E-state index in [0.29, 0.717) is 0 Å². The van der Waals surface area contributed by atoms with Gasteiger partial charge in [0, 0.05) is 5.69 Å². The highest BCUT2D eigenvalue weighted by molar-refractivity contribution is 6.07. The zero-order valence-electron chi connectivity index (χ0n) is 17.4. The van der Waals surface area contributed by atoms with Crippen molar-refractivity contribution in [3.8, 4) is 0 Å². The van der Waals surface area contributed by atoms with Crippen LogP contribution in [0.2, 0.25) is 0 Å². The lowest BCUT2D eigenvalue weighted by molar-refractivity contribution is -0.163. The van der Waals surface area contributed by atoms with E-state index in [1.165, 1.54) is 14.2 Å². The maximum Gasteiger partial charge on any atom is 0.340 e. The van der Waals surface area contributed by atoms with E-state index in [1.54, 1.807) is 0 Å². The number of carbonyl (C=O) groups is 2. The second kappa shape index (κ2) is 8.62. The second-order valence-electron chi connectivity index (χ2n) is 7.30. The van der Waals surface area contributed by atoms with E-state index >= 15 is 0 Å². The largest absolute Gasteiger partial charge is 0.467 e. The summed E-state index contributed by atoms with van der Waals surface area (Å²) in [6.45, 7) is 0. The molecule has 0 aliphatic carbocycles. The number of para-hydroxylation sites is 1. The van der Waals surface area contributed by atoms with Gasteiger partial charge in [0.15, 0.2) is 0 Å². The number of nitrogens with one attached hydrogen (secondary N) is 1. The molecule has 3 aromatic rings. The van der Waals surface area contributed by atoms with E-state index in [0.717, 1.165) is 16.8 Å². The zero-order valence-corrected chi connectivity index (χ0v) is 17.4. The zero-order chi connectivity index (χ0) is 21.8. The molecule has 1 heterocycles. The molecule has 0 radical (unpaired) electrons. The molecule has 0 saturated carbocycles. The normalized spacial score (nSPS) is 19.6. The summed E-state index contributed by atoms with van der Waals surface area (Å²) in [5.41, 5.74) is 0.781. The van der Waals surface area contributed by atoms with E-state index < -0.39 is 29.7 Å². The Balaban J connectivity index is 2.01. The van der Waals surface area contributed by atoms with Crippen molar-refractivity contribution in [3.05, 3.63) is 102 Å². The third-order valence-corrected chi connectivity index (χ3v) is 5.63. The number of rotatable bonds is 5. The average Bonchev–Trinajstić information content (AvgIpc) is 3.22. The van der Waals surface area contributed by atoms with E-state index in [1.807, 2.05) is 95.9 Å². The van der Waals surface area contributed by atoms with Crippen molar-refractivity contribution in [2.45, 2.75) is 17.7 Å². The Labute approximate surface area is 181 Å². The fourth-order valence-corrected chi connectivity index (χ4v) is 4.29. The number of anilines is 1. The van der Waals surface area contributed by atoms with Crippen molar-refractivity contribution in [2.75, 3.05) is 19.1 Å². The monoisotopic (exact) mass is 416 g/mol. The first-order chi connectivity index (χ1) is 15.1. The Hall–Kier alpha value is -3.64. The van der Waals surface area contributed by atoms with Gasteiger partial charge in [-0.2, -0.15) is 0 Å². The Morgan fingerprint density at radius 1 is 0.742 bits per heavy atom. The van der Waals surface area contributed by atoms with Gasteiger partial charge >= 0.3 is 11.9 Å². The lowest BCUT2D eigenvalue weighted by Crippen LogP contribution is -2.59. The maximum absolute atomic E-state index is 13.3. The van der Waals surface area contributed by atoms with Crippen molar-refractivity contribution >= 4 is 17.6 Å². The lowest BCUT2D eigenvalue weighted by atomic mass is 9.85. The van der Waals surface area contributed by atoms with Gasteiger partial charge < -0.3 is 14.4 Å². The highest BCUT2D eigenvalue weighted by Crippen LogP contribution is 2.48. The quantitative estimate of drug-likeness (QED) is 0.506. The lowest BCUT2D eigenvalue weighted by Gasteiger charge is -2.35. The standard InChI is InChI=1S/C25H24N2O4/c1-30-23(28)25(24(29)31-2)21(18-12-6-3-7-13-18)27(20-16-10-5-11-17-20)22(26-25)19-14-8-4-9-15-19/h3-17,21-22,26H,1-2H3/t21-,22+/m0/s1. The predicted octanol–water partition coefficient (Wildman–Crippen LogP) is 3.62. The van der Waals surface area contributed by atoms with Crippen LogP contribution in [-0.4, -0.2) is 31.7 Å². The van der Waals surface area contributed by atoms with Gasteiger partial charge in [-0.15, -0.1) is 0 Å². The number of ether oxygens (including phenoxy) is 2. The molecule has 0 amide bonds. The van der Waals surface area contributed by atoms with Crippen LogP contribution >= 0.6 is 0 Å². The molecule has 1 N–H and O–H groups in total. The topological polar surface area (TPSA) is 67.9 Å². The van der Waals surface area contributed by atoms with Crippen LogP contribution in [0.3, 0.4) is 0 Å². The van der Waals surface area contributed by atoms with E-state index in [2.05, 4.69) is 5.32 Å². The van der Waals surface area contributed by atoms with Crippen LogP contribution in [0.4, 0.5) is 5.69 Å². The Bertz CT molecular complexity index is 1020. The summed E-state index contributed by atoms with van der Waals surface area (Å²) in [6, 6.07) is 28.1. The van der Waals surface area contributed by atoms with Gasteiger partial charge in [-0.3, -0.25) is 5.32 Å². The van der Waals surface area contributed by atoms with Crippen LogP contribution in [0.25, 0.3) is 0 Å². The first-order valence-corrected chi connectivity index (χ1v) is 10.0. The summed E-state index contributed by atoms with van der Waals surface area (Å²) in [7, 11) is 2.55. The van der Waals surface area contributed by atoms with Crippen LogP contribution < -0.4 is 10.2 Å². The summed E-state index contributed by atoms with van der Waals surface area (Å²) in [6.07, 6.45) is -0.480. The molecule has 3 aromatic carbocycles. The van der Waals surface area contributed by atoms with Crippen molar-refractivity contribution < 1.29 is 19.1 Å². The molecule has 2 atom stereocenters. The molecule has 6 heteroatoms. The molecule has 0 spiro atoms. The van der Waals surface area contributed by atoms with Gasteiger partial charge in [-0.05, 0) is 23.3 Å². The molecule has 0 unspecified atom stereocenters. The van der Waals surface area contributed by atoms with E-state index in [4.69, 9.17) is 9.47 Å². The van der Waals surface area contributed by atoms with Crippen LogP contribution in [-0.2, 0) is 19.1 Å². The molecule has 4 rings (SSSR count). The minimum Gasteiger partial charge on any atom is -0.467 e. The van der Waals surface area contributed by atoms with E-state index in [-0.39, 0.29) is 0 Å². The number of hydrogen-bond donors (Lipinski definition) is 1. The second-order valence-corrected chi connectivity index (χ2v) is 7.30. The summed E-state index contributed by atoms with van der Waals surface area (Å²) in [5.74, 6) is -1.40. The van der Waals surface area contributed by atoms with Crippen molar-refractivity contribution in [3.63, 3.8) is 0 Å². The Kier molecular flexibility index (Phi) is 5.73. The number of methoxy groups -OCH3 is 2. The van der Waals surface area contributed by atoms with Gasteiger partial charge in [-0.1, -0.05) is 78.9 Å². The SMILES string of the molecule is COC(=O)C1(C(=O)OC)N[C@@H](c2ccccc2)N(c2ccccc2)[C@H]1c1ccccc1. The van der Waals surface area contributed by atoms with E-state index in [9.17, 15) is 9.59 Å². The van der Waals surface area contributed by atoms with Gasteiger partial charge in [0.05, 0.1) is 20.3 Å². The summed E-state index contributed by atoms with van der Waals surface area (Å²) in [4.78, 5) is 28.6. The van der Waals surface area contributed by atoms with Gasteiger partial charge in [0.25, 0.3) is 0 Å². The fourth-order valence-electron chi connectivity index (χ4n) is 4.29. The van der Waals surface area contributed by atoms with Crippen LogP contribution in [0.5, 0.6) is 0 Å². The number of nitrogens with zero attached hydrogens (tertiary/aromatic N) is 1. The summed E-state index contributed by atoms with van der Waals surface area (Å²) < 4.78 is 10.3. The molecule has 1 saturated heterocycles. The van der Waals surface area contributed by atoms with Gasteiger partial charge in [0.2, 0.25) is 5.54 Å². The van der Waals surface area contributed by atoms with Crippen molar-refractivity contribution in [1.82, 2.24) is 5.32 Å². The van der Waals surface area contributed by atoms with Crippen LogP contribution in [0.15, 0.2) is 91.0 Å². The molecular weight excluding hydrogens is 392 g/mol. The molecule has 1 aliphatic heterocycles. The third kappa shape index (κ3) is 3.45. The fraction of sp³-hybridized carbons (Fsp3) is 0.200. The highest BCUT2D eigenvalue weighted by Gasteiger charge is 2.64. The number of hydrogen-bond acceptors (Lipinski definition) is 6. The van der Waals surface area contributed by atoms with Crippen LogP contribution in [0, 0.1) is 0 Å². The Morgan fingerprint density at radius 2 is 1.19 bits per heavy atom. The summed E-state index contributed by atoms with van der Waals surface area (Å²) >= 11 is 0. The first kappa shape index (κ1) is 20.6.